The van der Waals surface area contributed by atoms with E-state index in [-0.39, 0.29) is 24.3 Å². The molecule has 0 unspecified atom stereocenters. The lowest BCUT2D eigenvalue weighted by atomic mass is 9.95. The minimum absolute atomic E-state index is 0.0179. The van der Waals surface area contributed by atoms with Gasteiger partial charge in [0.05, 0.1) is 19.1 Å². The summed E-state index contributed by atoms with van der Waals surface area (Å²) >= 11 is 5.92. The van der Waals surface area contributed by atoms with Crippen molar-refractivity contribution in [2.75, 3.05) is 33.9 Å². The first kappa shape index (κ1) is 22.2. The number of aromatic nitrogens is 2. The second-order valence-corrected chi connectivity index (χ2v) is 7.93. The molecule has 0 saturated carbocycles. The van der Waals surface area contributed by atoms with Crippen molar-refractivity contribution >= 4 is 23.4 Å². The van der Waals surface area contributed by atoms with Gasteiger partial charge in [0.1, 0.15) is 0 Å². The molecule has 2 aromatic rings. The van der Waals surface area contributed by atoms with Gasteiger partial charge in [-0.2, -0.15) is 4.98 Å². The van der Waals surface area contributed by atoms with Crippen LogP contribution >= 0.6 is 11.6 Å². The van der Waals surface area contributed by atoms with E-state index >= 15 is 0 Å². The van der Waals surface area contributed by atoms with Crippen LogP contribution in [0.3, 0.4) is 0 Å². The molecule has 1 aromatic carbocycles. The fourth-order valence-electron chi connectivity index (χ4n) is 3.49. The summed E-state index contributed by atoms with van der Waals surface area (Å²) in [7, 11) is 3.33. The van der Waals surface area contributed by atoms with Crippen LogP contribution in [0.2, 0.25) is 5.02 Å². The van der Waals surface area contributed by atoms with Crippen molar-refractivity contribution in [2.24, 2.45) is 5.92 Å². The molecular formula is C21H27ClN4O4. The quantitative estimate of drug-likeness (QED) is 0.602. The predicted molar refractivity (Wildman–Crippen MR) is 111 cm³/mol. The van der Waals surface area contributed by atoms with Gasteiger partial charge in [-0.05, 0) is 30.5 Å². The van der Waals surface area contributed by atoms with Crippen LogP contribution in [0.4, 0.5) is 0 Å². The van der Waals surface area contributed by atoms with Crippen molar-refractivity contribution in [3.8, 4) is 0 Å². The molecular weight excluding hydrogens is 408 g/mol. The molecule has 0 radical (unpaired) electrons. The van der Waals surface area contributed by atoms with Crippen LogP contribution in [0.15, 0.2) is 28.8 Å². The molecule has 0 bridgehead atoms. The normalized spacial score (nSPS) is 16.7. The van der Waals surface area contributed by atoms with E-state index in [2.05, 4.69) is 10.1 Å². The Morgan fingerprint density at radius 2 is 2.10 bits per heavy atom. The third kappa shape index (κ3) is 6.03. The summed E-state index contributed by atoms with van der Waals surface area (Å²) in [5.41, 5.74) is 1.11. The maximum Gasteiger partial charge on any atom is 0.246 e. The maximum absolute atomic E-state index is 12.9. The van der Waals surface area contributed by atoms with Crippen LogP contribution in [0.5, 0.6) is 0 Å². The van der Waals surface area contributed by atoms with Crippen LogP contribution in [0.25, 0.3) is 0 Å². The van der Waals surface area contributed by atoms with Crippen LogP contribution in [-0.2, 0) is 33.7 Å². The molecule has 0 spiro atoms. The number of carbonyl (C=O) groups is 2. The molecule has 8 nitrogen and oxygen atoms in total. The fraction of sp³-hybridized carbons (Fsp3) is 0.524. The van der Waals surface area contributed by atoms with Crippen LogP contribution in [-0.4, -0.2) is 65.6 Å². The summed E-state index contributed by atoms with van der Waals surface area (Å²) < 4.78 is 10.2. The number of hydrogen-bond donors (Lipinski definition) is 0. The first-order valence-corrected chi connectivity index (χ1v) is 10.4. The predicted octanol–water partition coefficient (Wildman–Crippen LogP) is 2.35. The van der Waals surface area contributed by atoms with Gasteiger partial charge >= 0.3 is 0 Å². The zero-order valence-electron chi connectivity index (χ0n) is 17.3. The lowest BCUT2D eigenvalue weighted by Gasteiger charge is -2.33. The van der Waals surface area contributed by atoms with Crippen LogP contribution in [0, 0.1) is 5.92 Å². The first-order valence-electron chi connectivity index (χ1n) is 10.0. The minimum atomic E-state index is -0.228. The van der Waals surface area contributed by atoms with Crippen LogP contribution < -0.4 is 0 Å². The van der Waals surface area contributed by atoms with Gasteiger partial charge in [-0.15, -0.1) is 0 Å². The van der Waals surface area contributed by atoms with Crippen molar-refractivity contribution in [2.45, 2.75) is 32.2 Å². The number of piperidine rings is 1. The number of carbonyl (C=O) groups excluding carboxylic acids is 2. The molecule has 1 atom stereocenters. The van der Waals surface area contributed by atoms with Crippen molar-refractivity contribution < 1.29 is 18.8 Å². The number of halogens is 1. The van der Waals surface area contributed by atoms with Crippen molar-refractivity contribution in [1.29, 1.82) is 0 Å². The van der Waals surface area contributed by atoms with Crippen molar-refractivity contribution in [1.82, 2.24) is 19.9 Å². The van der Waals surface area contributed by atoms with E-state index in [0.29, 0.717) is 55.7 Å². The van der Waals surface area contributed by atoms with E-state index in [0.717, 1.165) is 12.0 Å². The molecule has 1 fully saturated rings. The number of hydrogen-bond acceptors (Lipinski definition) is 6. The van der Waals surface area contributed by atoms with E-state index < -0.39 is 0 Å². The number of benzene rings is 1. The second kappa shape index (κ2) is 10.5. The zero-order chi connectivity index (χ0) is 21.5. The maximum atomic E-state index is 12.9. The molecule has 30 heavy (non-hydrogen) atoms. The highest BCUT2D eigenvalue weighted by molar-refractivity contribution is 6.30. The average molecular weight is 435 g/mol. The van der Waals surface area contributed by atoms with Gasteiger partial charge in [0.2, 0.25) is 17.7 Å². The van der Waals surface area contributed by atoms with Gasteiger partial charge in [-0.1, -0.05) is 28.9 Å². The van der Waals surface area contributed by atoms with Gasteiger partial charge in [0.15, 0.2) is 5.82 Å². The van der Waals surface area contributed by atoms with E-state index in [1.165, 1.54) is 0 Å². The summed E-state index contributed by atoms with van der Waals surface area (Å²) in [6.07, 6.45) is 2.23. The molecule has 0 N–H and O–H groups in total. The van der Waals surface area contributed by atoms with Crippen molar-refractivity contribution in [3.05, 3.63) is 46.6 Å². The smallest absolute Gasteiger partial charge is 0.246 e. The largest absolute Gasteiger partial charge is 0.384 e. The number of likely N-dealkylation sites (tertiary alicyclic amines) is 1. The van der Waals surface area contributed by atoms with Gasteiger partial charge in [-0.3, -0.25) is 9.59 Å². The Balaban J connectivity index is 1.52. The highest BCUT2D eigenvalue weighted by Gasteiger charge is 2.32. The number of nitrogens with zero attached hydrogens (tertiary/aromatic N) is 4. The summed E-state index contributed by atoms with van der Waals surface area (Å²) in [5, 5.41) is 4.58. The fourth-order valence-corrected chi connectivity index (χ4v) is 3.62. The SMILES string of the molecule is COCCc1noc(CN(C)C(=O)[C@@H]2CCC(=O)N(CCc3ccc(Cl)cc3)C2)n1. The molecule has 162 valence electrons. The third-order valence-electron chi connectivity index (χ3n) is 5.22. The Kier molecular flexibility index (Phi) is 7.81. The Morgan fingerprint density at radius 1 is 1.33 bits per heavy atom. The highest BCUT2D eigenvalue weighted by Crippen LogP contribution is 2.21. The van der Waals surface area contributed by atoms with Crippen LogP contribution in [0.1, 0.15) is 30.1 Å². The molecule has 1 saturated heterocycles. The Hall–Kier alpha value is -2.45. The Bertz CT molecular complexity index is 855. The summed E-state index contributed by atoms with van der Waals surface area (Å²) in [6, 6.07) is 7.60. The molecule has 2 amide bonds. The molecule has 2 heterocycles. The number of methoxy groups -OCH3 is 1. The third-order valence-corrected chi connectivity index (χ3v) is 5.47. The van der Waals surface area contributed by atoms with Gasteiger partial charge in [-0.25, -0.2) is 0 Å². The zero-order valence-corrected chi connectivity index (χ0v) is 18.1. The first-order chi connectivity index (χ1) is 14.5. The average Bonchev–Trinajstić information content (AvgIpc) is 3.19. The molecule has 1 aliphatic heterocycles. The van der Waals surface area contributed by atoms with Gasteiger partial charge in [0.25, 0.3) is 0 Å². The Morgan fingerprint density at radius 3 is 2.83 bits per heavy atom. The summed E-state index contributed by atoms with van der Waals surface area (Å²) in [4.78, 5) is 32.9. The minimum Gasteiger partial charge on any atom is -0.384 e. The van der Waals surface area contributed by atoms with E-state index in [1.54, 1.807) is 24.0 Å². The lowest BCUT2D eigenvalue weighted by molar-refractivity contribution is -0.142. The second-order valence-electron chi connectivity index (χ2n) is 7.49. The van der Waals surface area contributed by atoms with Crippen molar-refractivity contribution in [3.63, 3.8) is 0 Å². The van der Waals surface area contributed by atoms with E-state index in [9.17, 15) is 9.59 Å². The summed E-state index contributed by atoms with van der Waals surface area (Å²) in [5.74, 6) is 0.799. The van der Waals surface area contributed by atoms with Gasteiger partial charge < -0.3 is 19.1 Å². The van der Waals surface area contributed by atoms with Gasteiger partial charge in [0, 0.05) is 45.1 Å². The molecule has 9 heteroatoms. The summed E-state index contributed by atoms with van der Waals surface area (Å²) in [6.45, 7) is 1.77. The lowest BCUT2D eigenvalue weighted by Crippen LogP contribution is -2.46. The number of amides is 2. The number of rotatable bonds is 9. The molecule has 1 aromatic heterocycles. The molecule has 0 aliphatic carbocycles. The monoisotopic (exact) mass is 434 g/mol. The standard InChI is InChI=1S/C21H27ClN4O4/c1-25(14-19-23-18(24-30-19)10-12-29-2)21(28)16-5-8-20(27)26(13-16)11-9-15-3-6-17(22)7-4-15/h3-4,6-7,16H,5,8-14H2,1-2H3/t16-/m1/s1. The number of ether oxygens (including phenoxy) is 1. The van der Waals surface area contributed by atoms with E-state index in [4.69, 9.17) is 20.9 Å². The molecule has 3 rings (SSSR count). The highest BCUT2D eigenvalue weighted by atomic mass is 35.5. The van der Waals surface area contributed by atoms with E-state index in [1.807, 2.05) is 24.3 Å². The topological polar surface area (TPSA) is 88.8 Å². The Labute approximate surface area is 181 Å². The molecule has 1 aliphatic rings.